The van der Waals surface area contributed by atoms with Crippen LogP contribution in [0.4, 0.5) is 0 Å². The Bertz CT molecular complexity index is 114. The molecule has 0 saturated carbocycles. The number of ether oxygens (including phenoxy) is 1. The van der Waals surface area contributed by atoms with Crippen molar-refractivity contribution in [3.63, 3.8) is 0 Å². The third kappa shape index (κ3) is 4.01. The van der Waals surface area contributed by atoms with Crippen molar-refractivity contribution in [1.82, 2.24) is 0 Å². The van der Waals surface area contributed by atoms with Crippen LogP contribution in [0.1, 0.15) is 33.1 Å². The topological polar surface area (TPSA) is 69.9 Å². The predicted octanol–water partition coefficient (Wildman–Crippen LogP) is 0.212. The Morgan fingerprint density at radius 3 is 2.33 bits per heavy atom. The molecule has 0 bridgehead atoms. The van der Waals surface area contributed by atoms with Crippen molar-refractivity contribution < 1.29 is 20.1 Å². The van der Waals surface area contributed by atoms with Gasteiger partial charge >= 0.3 is 5.97 Å². The highest BCUT2D eigenvalue weighted by atomic mass is 16.8. The van der Waals surface area contributed by atoms with Crippen molar-refractivity contribution >= 4 is 0 Å². The highest BCUT2D eigenvalue weighted by Gasteiger charge is 2.32. The first-order chi connectivity index (χ1) is 5.54. The summed E-state index contributed by atoms with van der Waals surface area (Å²) in [7, 11) is 0. The summed E-state index contributed by atoms with van der Waals surface area (Å²) < 4.78 is 4.68. The lowest BCUT2D eigenvalue weighted by atomic mass is 10.2. The molecule has 12 heavy (non-hydrogen) atoms. The maximum Gasteiger partial charge on any atom is 0.305 e. The molecule has 3 N–H and O–H groups in total. The summed E-state index contributed by atoms with van der Waals surface area (Å²) in [4.78, 5) is 0. The van der Waals surface area contributed by atoms with Crippen molar-refractivity contribution in [3.05, 3.63) is 0 Å². The summed E-state index contributed by atoms with van der Waals surface area (Å²) in [5, 5.41) is 27.2. The van der Waals surface area contributed by atoms with Gasteiger partial charge in [-0.3, -0.25) is 0 Å². The van der Waals surface area contributed by atoms with Crippen molar-refractivity contribution in [2.45, 2.75) is 45.2 Å². The van der Waals surface area contributed by atoms with E-state index in [-0.39, 0.29) is 13.0 Å². The third-order valence-electron chi connectivity index (χ3n) is 1.63. The molecule has 0 amide bonds. The lowest BCUT2D eigenvalue weighted by Gasteiger charge is -2.25. The number of rotatable bonds is 6. The van der Waals surface area contributed by atoms with E-state index in [0.717, 1.165) is 12.8 Å². The van der Waals surface area contributed by atoms with Crippen molar-refractivity contribution in [2.24, 2.45) is 0 Å². The van der Waals surface area contributed by atoms with Gasteiger partial charge < -0.3 is 20.1 Å². The molecule has 0 rings (SSSR count). The Hall–Kier alpha value is -0.160. The Kier molecular flexibility index (Phi) is 5.41. The van der Waals surface area contributed by atoms with Gasteiger partial charge in [-0.05, 0) is 12.8 Å². The highest BCUT2D eigenvalue weighted by Crippen LogP contribution is 2.12. The van der Waals surface area contributed by atoms with Crippen LogP contribution < -0.4 is 0 Å². The molecule has 1 unspecified atom stereocenters. The van der Waals surface area contributed by atoms with Gasteiger partial charge in [-0.25, -0.2) is 0 Å². The zero-order valence-electron chi connectivity index (χ0n) is 7.66. The second-order valence-electron chi connectivity index (χ2n) is 2.78. The Balaban J connectivity index is 3.70. The van der Waals surface area contributed by atoms with E-state index in [2.05, 4.69) is 4.74 Å². The first-order valence-electron chi connectivity index (χ1n) is 4.31. The van der Waals surface area contributed by atoms with Crippen LogP contribution in [0.25, 0.3) is 0 Å². The van der Waals surface area contributed by atoms with Crippen molar-refractivity contribution in [2.75, 3.05) is 6.61 Å². The lowest BCUT2D eigenvalue weighted by molar-refractivity contribution is -0.376. The van der Waals surface area contributed by atoms with Gasteiger partial charge in [0.2, 0.25) is 0 Å². The molecule has 1 atom stereocenters. The standard InChI is InChI=1S/C8H18O4/c1-3-5-6-12-8(10,11)7(9)4-2/h7,9-11H,3-6H2,1-2H3. The maximum atomic E-state index is 9.09. The van der Waals surface area contributed by atoms with Crippen LogP contribution in [0.15, 0.2) is 0 Å². The van der Waals surface area contributed by atoms with Crippen LogP contribution in [0, 0.1) is 0 Å². The fourth-order valence-corrected chi connectivity index (χ4v) is 0.729. The number of hydrogen-bond acceptors (Lipinski definition) is 4. The first kappa shape index (κ1) is 11.8. The lowest BCUT2D eigenvalue weighted by Crippen LogP contribution is -2.44. The number of aliphatic hydroxyl groups excluding tert-OH is 1. The highest BCUT2D eigenvalue weighted by molar-refractivity contribution is 4.62. The van der Waals surface area contributed by atoms with Gasteiger partial charge in [0.25, 0.3) is 0 Å². The van der Waals surface area contributed by atoms with E-state index < -0.39 is 12.1 Å². The van der Waals surface area contributed by atoms with E-state index in [1.54, 1.807) is 6.92 Å². The average Bonchev–Trinajstić information content (AvgIpc) is 2.03. The molecular formula is C8H18O4. The van der Waals surface area contributed by atoms with Crippen LogP contribution in [-0.2, 0) is 4.74 Å². The number of hydrogen-bond donors (Lipinski definition) is 3. The van der Waals surface area contributed by atoms with E-state index in [1.165, 1.54) is 0 Å². The maximum absolute atomic E-state index is 9.09. The Morgan fingerprint density at radius 1 is 1.33 bits per heavy atom. The average molecular weight is 178 g/mol. The fourth-order valence-electron chi connectivity index (χ4n) is 0.729. The molecule has 0 aromatic carbocycles. The molecule has 4 nitrogen and oxygen atoms in total. The van der Waals surface area contributed by atoms with Crippen LogP contribution in [-0.4, -0.2) is 34.0 Å². The van der Waals surface area contributed by atoms with Gasteiger partial charge in [0.15, 0.2) is 0 Å². The van der Waals surface area contributed by atoms with Gasteiger partial charge in [0, 0.05) is 0 Å². The molecule has 4 heteroatoms. The smallest absolute Gasteiger partial charge is 0.305 e. The monoisotopic (exact) mass is 178 g/mol. The first-order valence-corrected chi connectivity index (χ1v) is 4.31. The minimum absolute atomic E-state index is 0.249. The summed E-state index contributed by atoms with van der Waals surface area (Å²) in [6, 6.07) is 0. The second kappa shape index (κ2) is 5.48. The Morgan fingerprint density at radius 2 is 1.92 bits per heavy atom. The molecule has 0 saturated heterocycles. The van der Waals surface area contributed by atoms with Crippen LogP contribution in [0.5, 0.6) is 0 Å². The minimum Gasteiger partial charge on any atom is -0.385 e. The van der Waals surface area contributed by atoms with Gasteiger partial charge in [0.05, 0.1) is 6.61 Å². The largest absolute Gasteiger partial charge is 0.385 e. The van der Waals surface area contributed by atoms with Crippen molar-refractivity contribution in [3.8, 4) is 0 Å². The number of unbranched alkanes of at least 4 members (excludes halogenated alkanes) is 1. The van der Waals surface area contributed by atoms with Gasteiger partial charge in [-0.15, -0.1) is 0 Å². The van der Waals surface area contributed by atoms with E-state index >= 15 is 0 Å². The molecule has 0 heterocycles. The van der Waals surface area contributed by atoms with E-state index in [1.807, 2.05) is 6.92 Å². The van der Waals surface area contributed by atoms with Gasteiger partial charge in [-0.2, -0.15) is 0 Å². The quantitative estimate of drug-likeness (QED) is 0.402. The van der Waals surface area contributed by atoms with Crippen LogP contribution >= 0.6 is 0 Å². The molecule has 0 aliphatic heterocycles. The molecule has 0 spiro atoms. The second-order valence-corrected chi connectivity index (χ2v) is 2.78. The molecule has 0 aliphatic rings. The summed E-state index contributed by atoms with van der Waals surface area (Å²) in [5.41, 5.74) is 0. The van der Waals surface area contributed by atoms with E-state index in [9.17, 15) is 0 Å². The minimum atomic E-state index is -2.39. The molecular weight excluding hydrogens is 160 g/mol. The number of aliphatic hydroxyl groups is 3. The Labute approximate surface area is 72.8 Å². The molecule has 0 radical (unpaired) electrons. The molecule has 0 aromatic heterocycles. The van der Waals surface area contributed by atoms with E-state index in [4.69, 9.17) is 15.3 Å². The zero-order chi connectivity index (χ0) is 9.61. The molecule has 74 valence electrons. The van der Waals surface area contributed by atoms with E-state index in [0.29, 0.717) is 0 Å². The van der Waals surface area contributed by atoms with Crippen molar-refractivity contribution in [1.29, 1.82) is 0 Å². The van der Waals surface area contributed by atoms with Crippen LogP contribution in [0.3, 0.4) is 0 Å². The zero-order valence-corrected chi connectivity index (χ0v) is 7.66. The molecule has 0 aliphatic carbocycles. The van der Waals surface area contributed by atoms with Gasteiger partial charge in [0.1, 0.15) is 6.10 Å². The predicted molar refractivity (Wildman–Crippen MR) is 44.3 cm³/mol. The summed E-state index contributed by atoms with van der Waals surface area (Å²) >= 11 is 0. The molecule has 0 fully saturated rings. The summed E-state index contributed by atoms with van der Waals surface area (Å²) in [6.07, 6.45) is 0.672. The molecule has 0 aromatic rings. The fraction of sp³-hybridized carbons (Fsp3) is 1.00. The SMILES string of the molecule is CCCCOC(O)(O)C(O)CC. The normalized spacial score (nSPS) is 14.8. The van der Waals surface area contributed by atoms with Crippen LogP contribution in [0.2, 0.25) is 0 Å². The third-order valence-corrected chi connectivity index (χ3v) is 1.63. The van der Waals surface area contributed by atoms with Gasteiger partial charge in [-0.1, -0.05) is 20.3 Å². The summed E-state index contributed by atoms with van der Waals surface area (Å²) in [6.45, 7) is 3.87. The summed E-state index contributed by atoms with van der Waals surface area (Å²) in [5.74, 6) is -2.39.